The number of aliphatic imine (C=N–C) groups is 2. The van der Waals surface area contributed by atoms with Crippen LogP contribution in [-0.2, 0) is 11.2 Å². The summed E-state index contributed by atoms with van der Waals surface area (Å²) >= 11 is 0. The summed E-state index contributed by atoms with van der Waals surface area (Å²) in [6.07, 6.45) is 17.0. The average molecular weight is 661 g/mol. The maximum atomic E-state index is 14.4. The third-order valence-electron chi connectivity index (χ3n) is 7.61. The van der Waals surface area contributed by atoms with Crippen LogP contribution >= 0.6 is 0 Å². The standard InChI is InChI=1S/C17H25NO.C15H14FN3.2C4H10.C2H6/c1-5-7-17(18-11-10-14(4)19)16-9-8-13(3)12-15(16)6-2;1-10-3-4-13(15(16)11(10)2)14-8-17-7-12-9-19(14)6-5-18-12;2*1-3-4-2;1-2/h7-9,12,18H,5-6,10-11H2,1-4H3;3-8H,9H2,1-2H3;2*3-4H2,1-2H3;1-2H3. The number of nitrogens with one attached hydrogen (secondary N) is 1. The molecule has 5 nitrogen and oxygen atoms in total. The molecule has 2 heterocycles. The van der Waals surface area contributed by atoms with Gasteiger partial charge in [-0.2, -0.15) is 0 Å². The Hall–Kier alpha value is -3.80. The molecule has 6 heteroatoms. The summed E-state index contributed by atoms with van der Waals surface area (Å²) in [4.78, 5) is 21.4. The van der Waals surface area contributed by atoms with Gasteiger partial charge >= 0.3 is 0 Å². The van der Waals surface area contributed by atoms with Crippen LogP contribution in [0.5, 0.6) is 0 Å². The molecule has 2 aliphatic heterocycles. The third-order valence-corrected chi connectivity index (χ3v) is 7.61. The number of hydrogen-bond acceptors (Lipinski definition) is 5. The molecule has 2 aromatic rings. The SMILES string of the molecule is CC.CCC=C(NCCC(C)=O)c1ccc(C)cc1CC.CCCC.CCCC.Cc1ccc(C2=CN=CC3=NC=CN2C3)c(F)c1C. The smallest absolute Gasteiger partial charge is 0.135 e. The Morgan fingerprint density at radius 3 is 2.17 bits per heavy atom. The number of rotatable bonds is 10. The number of ketones is 1. The number of Topliss-reactive ketones (excluding diaryl/α,β-unsaturated/α-hetero) is 1. The van der Waals surface area contributed by atoms with Crippen LogP contribution in [0.15, 0.2) is 65.0 Å². The fraction of sp³-hybridized carbons (Fsp3) is 0.500. The molecule has 48 heavy (non-hydrogen) atoms. The van der Waals surface area contributed by atoms with Crippen molar-refractivity contribution < 1.29 is 9.18 Å². The number of benzene rings is 2. The minimum atomic E-state index is -0.180. The minimum Gasteiger partial charge on any atom is -0.384 e. The number of hydrogen-bond donors (Lipinski definition) is 1. The molecule has 2 aromatic carbocycles. The van der Waals surface area contributed by atoms with Gasteiger partial charge < -0.3 is 10.2 Å². The number of unbranched alkanes of at least 4 members (excludes halogenated alkanes) is 2. The Morgan fingerprint density at radius 1 is 0.958 bits per heavy atom. The minimum absolute atomic E-state index is 0.180. The van der Waals surface area contributed by atoms with Crippen LogP contribution in [0.2, 0.25) is 0 Å². The number of nitrogens with zero attached hydrogens (tertiary/aromatic N) is 3. The second-order valence-corrected chi connectivity index (χ2v) is 11.6. The summed E-state index contributed by atoms with van der Waals surface area (Å²) in [7, 11) is 0. The van der Waals surface area contributed by atoms with Crippen molar-refractivity contribution in [2.75, 3.05) is 13.1 Å². The molecule has 0 spiro atoms. The predicted octanol–water partition coefficient (Wildman–Crippen LogP) is 11.6. The van der Waals surface area contributed by atoms with Crippen LogP contribution < -0.4 is 5.32 Å². The summed E-state index contributed by atoms with van der Waals surface area (Å²) in [5, 5.41) is 3.40. The topological polar surface area (TPSA) is 57.1 Å². The Balaban J connectivity index is 0.000000723. The molecular formula is C42H65FN4O. The number of carbonyl (C=O) groups excluding carboxylic acids is 1. The lowest BCUT2D eigenvalue weighted by Crippen LogP contribution is -2.26. The van der Waals surface area contributed by atoms with E-state index >= 15 is 0 Å². The van der Waals surface area contributed by atoms with Gasteiger partial charge in [0.1, 0.15) is 11.6 Å². The van der Waals surface area contributed by atoms with Gasteiger partial charge in [-0.25, -0.2) is 4.39 Å². The van der Waals surface area contributed by atoms with Crippen molar-refractivity contribution in [2.24, 2.45) is 9.98 Å². The van der Waals surface area contributed by atoms with Crippen molar-refractivity contribution in [1.29, 1.82) is 0 Å². The first-order chi connectivity index (χ1) is 23.1. The molecule has 4 rings (SSSR count). The Bertz CT molecular complexity index is 1380. The first-order valence-electron chi connectivity index (χ1n) is 18.1. The number of aryl methyl sites for hydroxylation is 3. The average Bonchev–Trinajstić information content (AvgIpc) is 3.24. The number of fused-ring (bicyclic) bond motifs is 2. The summed E-state index contributed by atoms with van der Waals surface area (Å²) in [5.41, 5.74) is 8.91. The van der Waals surface area contributed by atoms with Crippen LogP contribution in [-0.4, -0.2) is 35.7 Å². The van der Waals surface area contributed by atoms with E-state index in [0.717, 1.165) is 35.5 Å². The lowest BCUT2D eigenvalue weighted by Gasteiger charge is -2.24. The monoisotopic (exact) mass is 661 g/mol. The molecule has 0 fully saturated rings. The molecule has 0 unspecified atom stereocenters. The molecule has 266 valence electrons. The summed E-state index contributed by atoms with van der Waals surface area (Å²) in [6, 6.07) is 10.3. The Morgan fingerprint density at radius 2 is 1.60 bits per heavy atom. The van der Waals surface area contributed by atoms with E-state index in [9.17, 15) is 9.18 Å². The highest BCUT2D eigenvalue weighted by Crippen LogP contribution is 2.28. The van der Waals surface area contributed by atoms with Crippen molar-refractivity contribution in [3.05, 3.63) is 94.2 Å². The van der Waals surface area contributed by atoms with Crippen molar-refractivity contribution in [2.45, 2.75) is 128 Å². The van der Waals surface area contributed by atoms with E-state index in [4.69, 9.17) is 0 Å². The molecule has 2 aliphatic rings. The Labute approximate surface area is 293 Å². The normalized spacial score (nSPS) is 12.7. The molecular weight excluding hydrogens is 595 g/mol. The van der Waals surface area contributed by atoms with Crippen LogP contribution in [0.25, 0.3) is 11.4 Å². The van der Waals surface area contributed by atoms with E-state index in [2.05, 4.69) is 88.0 Å². The first kappa shape index (κ1) is 44.2. The summed E-state index contributed by atoms with van der Waals surface area (Å²) in [5.74, 6) is 0.0452. The van der Waals surface area contributed by atoms with E-state index in [1.165, 1.54) is 42.4 Å². The number of allylic oxidation sites excluding steroid dienone is 1. The van der Waals surface area contributed by atoms with E-state index in [0.29, 0.717) is 30.6 Å². The number of halogens is 1. The molecule has 0 aliphatic carbocycles. The van der Waals surface area contributed by atoms with Gasteiger partial charge in [-0.1, -0.05) is 117 Å². The highest BCUT2D eigenvalue weighted by molar-refractivity contribution is 6.32. The molecule has 0 aromatic heterocycles. The zero-order valence-corrected chi connectivity index (χ0v) is 32.3. The summed E-state index contributed by atoms with van der Waals surface area (Å²) in [6.45, 7) is 25.8. The second kappa shape index (κ2) is 26.2. The zero-order valence-electron chi connectivity index (χ0n) is 32.3. The highest BCUT2D eigenvalue weighted by atomic mass is 19.1. The number of carbonyl (C=O) groups is 1. The van der Waals surface area contributed by atoms with Gasteiger partial charge in [-0.05, 0) is 63.3 Å². The maximum absolute atomic E-state index is 14.4. The Kier molecular flexibility index (Phi) is 24.1. The second-order valence-electron chi connectivity index (χ2n) is 11.6. The van der Waals surface area contributed by atoms with Gasteiger partial charge in [-0.15, -0.1) is 0 Å². The van der Waals surface area contributed by atoms with Gasteiger partial charge in [0.05, 0.1) is 30.4 Å². The molecule has 0 amide bonds. The van der Waals surface area contributed by atoms with E-state index in [1.807, 2.05) is 44.0 Å². The third kappa shape index (κ3) is 15.9. The lowest BCUT2D eigenvalue weighted by molar-refractivity contribution is -0.116. The van der Waals surface area contributed by atoms with Crippen LogP contribution in [0, 0.1) is 26.6 Å². The fourth-order valence-electron chi connectivity index (χ4n) is 4.32. The maximum Gasteiger partial charge on any atom is 0.135 e. The van der Waals surface area contributed by atoms with E-state index in [1.54, 1.807) is 32.5 Å². The van der Waals surface area contributed by atoms with Crippen molar-refractivity contribution in [3.63, 3.8) is 0 Å². The van der Waals surface area contributed by atoms with Crippen molar-refractivity contribution in [3.8, 4) is 0 Å². The van der Waals surface area contributed by atoms with Gasteiger partial charge in [0.2, 0.25) is 0 Å². The van der Waals surface area contributed by atoms with Gasteiger partial charge in [0, 0.05) is 42.2 Å². The van der Waals surface area contributed by atoms with E-state index < -0.39 is 0 Å². The van der Waals surface area contributed by atoms with Crippen molar-refractivity contribution >= 4 is 29.1 Å². The van der Waals surface area contributed by atoms with Crippen molar-refractivity contribution in [1.82, 2.24) is 10.2 Å². The van der Waals surface area contributed by atoms with Gasteiger partial charge in [-0.3, -0.25) is 14.8 Å². The largest absolute Gasteiger partial charge is 0.384 e. The van der Waals surface area contributed by atoms with E-state index in [-0.39, 0.29) is 11.6 Å². The molecule has 0 saturated carbocycles. The lowest BCUT2D eigenvalue weighted by atomic mass is 9.99. The molecule has 0 atom stereocenters. The van der Waals surface area contributed by atoms with Crippen LogP contribution in [0.3, 0.4) is 0 Å². The highest BCUT2D eigenvalue weighted by Gasteiger charge is 2.20. The van der Waals surface area contributed by atoms with Gasteiger partial charge in [0.25, 0.3) is 0 Å². The predicted molar refractivity (Wildman–Crippen MR) is 210 cm³/mol. The molecule has 0 saturated heterocycles. The van der Waals surface area contributed by atoms with Crippen LogP contribution in [0.4, 0.5) is 4.39 Å². The molecule has 0 radical (unpaired) electrons. The quantitative estimate of drug-likeness (QED) is 0.276. The molecule has 2 bridgehead atoms. The summed E-state index contributed by atoms with van der Waals surface area (Å²) < 4.78 is 14.4. The fourth-order valence-corrected chi connectivity index (χ4v) is 4.32. The first-order valence-corrected chi connectivity index (χ1v) is 18.1. The van der Waals surface area contributed by atoms with Crippen LogP contribution in [0.1, 0.15) is 134 Å². The molecule has 1 N–H and O–H groups in total. The van der Waals surface area contributed by atoms with Gasteiger partial charge in [0.15, 0.2) is 0 Å². The zero-order chi connectivity index (χ0) is 36.5.